The molecule has 0 aromatic heterocycles. The van der Waals surface area contributed by atoms with Crippen LogP contribution >= 0.6 is 0 Å². The number of hydrogen-bond acceptors (Lipinski definition) is 3. The van der Waals surface area contributed by atoms with Gasteiger partial charge in [-0.2, -0.15) is 0 Å². The number of hydrogen-bond donors (Lipinski definition) is 0. The normalized spacial score (nSPS) is 22.9. The van der Waals surface area contributed by atoms with Crippen molar-refractivity contribution in [3.63, 3.8) is 0 Å². The van der Waals surface area contributed by atoms with E-state index in [0.717, 1.165) is 24.8 Å². The molecule has 0 saturated heterocycles. The summed E-state index contributed by atoms with van der Waals surface area (Å²) in [7, 11) is -3.37. The summed E-state index contributed by atoms with van der Waals surface area (Å²) in [5.74, 6) is 0. The van der Waals surface area contributed by atoms with E-state index in [9.17, 15) is 8.42 Å². The SMILES string of the molecule is CCCC[C@@H]1OCC=C[C@H]1S(=O)(=O)c1ccc(C)cc1. The second-order valence-corrected chi connectivity index (χ2v) is 7.37. The van der Waals surface area contributed by atoms with Crippen LogP contribution in [0.25, 0.3) is 0 Å². The smallest absolute Gasteiger partial charge is 0.187 e. The fraction of sp³-hybridized carbons (Fsp3) is 0.500. The lowest BCUT2D eigenvalue weighted by Crippen LogP contribution is -2.37. The molecule has 4 heteroatoms. The molecule has 2 rings (SSSR count). The molecular formula is C16H22O3S. The molecule has 0 radical (unpaired) electrons. The van der Waals surface area contributed by atoms with Gasteiger partial charge < -0.3 is 4.74 Å². The lowest BCUT2D eigenvalue weighted by molar-refractivity contribution is 0.0623. The highest BCUT2D eigenvalue weighted by Crippen LogP contribution is 2.26. The Labute approximate surface area is 121 Å². The summed E-state index contributed by atoms with van der Waals surface area (Å²) in [4.78, 5) is 0.379. The van der Waals surface area contributed by atoms with E-state index in [1.165, 1.54) is 0 Å². The van der Waals surface area contributed by atoms with Crippen LogP contribution < -0.4 is 0 Å². The zero-order chi connectivity index (χ0) is 14.6. The quantitative estimate of drug-likeness (QED) is 0.783. The molecule has 1 heterocycles. The monoisotopic (exact) mass is 294 g/mol. The molecule has 0 N–H and O–H groups in total. The van der Waals surface area contributed by atoms with Crippen molar-refractivity contribution in [2.24, 2.45) is 0 Å². The van der Waals surface area contributed by atoms with Crippen molar-refractivity contribution in [2.75, 3.05) is 6.61 Å². The summed E-state index contributed by atoms with van der Waals surface area (Å²) in [6.07, 6.45) is 6.18. The van der Waals surface area contributed by atoms with Crippen LogP contribution in [-0.2, 0) is 14.6 Å². The molecule has 0 spiro atoms. The minimum atomic E-state index is -3.37. The van der Waals surface area contributed by atoms with Crippen LogP contribution in [0.1, 0.15) is 31.7 Å². The number of benzene rings is 1. The zero-order valence-electron chi connectivity index (χ0n) is 12.1. The molecule has 3 nitrogen and oxygen atoms in total. The first-order chi connectivity index (χ1) is 9.55. The number of unbranched alkanes of at least 4 members (excludes halogenated alkanes) is 1. The molecule has 2 atom stereocenters. The van der Waals surface area contributed by atoms with E-state index >= 15 is 0 Å². The molecule has 1 aliphatic heterocycles. The van der Waals surface area contributed by atoms with Gasteiger partial charge in [0, 0.05) is 0 Å². The van der Waals surface area contributed by atoms with Crippen molar-refractivity contribution in [3.05, 3.63) is 42.0 Å². The van der Waals surface area contributed by atoms with E-state index < -0.39 is 15.1 Å². The van der Waals surface area contributed by atoms with E-state index in [-0.39, 0.29) is 6.10 Å². The van der Waals surface area contributed by atoms with Gasteiger partial charge in [-0.15, -0.1) is 0 Å². The van der Waals surface area contributed by atoms with E-state index in [1.54, 1.807) is 24.3 Å². The van der Waals surface area contributed by atoms with Crippen LogP contribution in [0.5, 0.6) is 0 Å². The van der Waals surface area contributed by atoms with Crippen LogP contribution in [0.4, 0.5) is 0 Å². The summed E-state index contributed by atoms with van der Waals surface area (Å²) < 4.78 is 31.1. The molecular weight excluding hydrogens is 272 g/mol. The molecule has 1 aromatic carbocycles. The van der Waals surface area contributed by atoms with Crippen LogP contribution in [0, 0.1) is 6.92 Å². The van der Waals surface area contributed by atoms with Crippen LogP contribution in [-0.4, -0.2) is 26.4 Å². The molecule has 1 aromatic rings. The Morgan fingerprint density at radius 1 is 1.25 bits per heavy atom. The summed E-state index contributed by atoms with van der Waals surface area (Å²) in [5, 5.41) is -0.564. The third-order valence-electron chi connectivity index (χ3n) is 3.65. The Balaban J connectivity index is 2.28. The van der Waals surface area contributed by atoms with Gasteiger partial charge in [0.1, 0.15) is 5.25 Å². The van der Waals surface area contributed by atoms with Gasteiger partial charge in [-0.3, -0.25) is 0 Å². The van der Waals surface area contributed by atoms with E-state index in [4.69, 9.17) is 4.74 Å². The van der Waals surface area contributed by atoms with Gasteiger partial charge in [-0.25, -0.2) is 8.42 Å². The first kappa shape index (κ1) is 15.3. The fourth-order valence-corrected chi connectivity index (χ4v) is 4.19. The second-order valence-electron chi connectivity index (χ2n) is 5.26. The van der Waals surface area contributed by atoms with E-state index in [1.807, 2.05) is 19.1 Å². The van der Waals surface area contributed by atoms with Crippen LogP contribution in [0.2, 0.25) is 0 Å². The van der Waals surface area contributed by atoms with Gasteiger partial charge in [0.2, 0.25) is 0 Å². The largest absolute Gasteiger partial charge is 0.372 e. The highest BCUT2D eigenvalue weighted by Gasteiger charge is 2.34. The molecule has 110 valence electrons. The molecule has 0 aliphatic carbocycles. The van der Waals surface area contributed by atoms with Crippen molar-refractivity contribution in [1.82, 2.24) is 0 Å². The van der Waals surface area contributed by atoms with Crippen molar-refractivity contribution >= 4 is 9.84 Å². The van der Waals surface area contributed by atoms with E-state index in [0.29, 0.717) is 11.5 Å². The van der Waals surface area contributed by atoms with Gasteiger partial charge in [0.15, 0.2) is 9.84 Å². The van der Waals surface area contributed by atoms with Crippen molar-refractivity contribution in [1.29, 1.82) is 0 Å². The summed E-state index contributed by atoms with van der Waals surface area (Å²) >= 11 is 0. The van der Waals surface area contributed by atoms with Gasteiger partial charge in [-0.1, -0.05) is 49.6 Å². The lowest BCUT2D eigenvalue weighted by atomic mass is 10.1. The third-order valence-corrected chi connectivity index (χ3v) is 5.76. The van der Waals surface area contributed by atoms with Crippen molar-refractivity contribution < 1.29 is 13.2 Å². The van der Waals surface area contributed by atoms with Gasteiger partial charge in [-0.05, 0) is 25.5 Å². The number of aryl methyl sites for hydroxylation is 1. The fourth-order valence-electron chi connectivity index (χ4n) is 2.43. The number of rotatable bonds is 5. The minimum Gasteiger partial charge on any atom is -0.372 e. The van der Waals surface area contributed by atoms with Crippen LogP contribution in [0.15, 0.2) is 41.3 Å². The maximum absolute atomic E-state index is 12.7. The van der Waals surface area contributed by atoms with Crippen molar-refractivity contribution in [3.8, 4) is 0 Å². The average molecular weight is 294 g/mol. The molecule has 0 amide bonds. The number of ether oxygens (including phenoxy) is 1. The molecule has 0 saturated carbocycles. The maximum Gasteiger partial charge on any atom is 0.187 e. The predicted molar refractivity (Wildman–Crippen MR) is 80.6 cm³/mol. The maximum atomic E-state index is 12.7. The molecule has 0 fully saturated rings. The molecule has 20 heavy (non-hydrogen) atoms. The minimum absolute atomic E-state index is 0.230. The third kappa shape index (κ3) is 3.30. The Morgan fingerprint density at radius 3 is 2.60 bits per heavy atom. The Hall–Kier alpha value is -1.13. The Kier molecular flexibility index (Phi) is 5.00. The highest BCUT2D eigenvalue weighted by molar-refractivity contribution is 7.92. The first-order valence-corrected chi connectivity index (χ1v) is 8.69. The average Bonchev–Trinajstić information content (AvgIpc) is 2.46. The standard InChI is InChI=1S/C16H22O3S/c1-3-4-6-15-16(7-5-12-19-15)20(17,18)14-10-8-13(2)9-11-14/h5,7-11,15-16H,3-4,6,12H2,1-2H3/t15-,16+/m0/s1. The number of sulfone groups is 1. The lowest BCUT2D eigenvalue weighted by Gasteiger charge is -2.27. The molecule has 1 aliphatic rings. The Morgan fingerprint density at radius 2 is 1.95 bits per heavy atom. The summed E-state index contributed by atoms with van der Waals surface area (Å²) in [6, 6.07) is 7.04. The molecule has 0 unspecified atom stereocenters. The van der Waals surface area contributed by atoms with Gasteiger partial charge in [0.25, 0.3) is 0 Å². The summed E-state index contributed by atoms with van der Waals surface area (Å²) in [5.41, 5.74) is 1.06. The predicted octanol–water partition coefficient (Wildman–Crippen LogP) is 3.28. The topological polar surface area (TPSA) is 43.4 Å². The summed E-state index contributed by atoms with van der Waals surface area (Å²) in [6.45, 7) is 4.56. The van der Waals surface area contributed by atoms with Crippen molar-refractivity contribution in [2.45, 2.75) is 49.4 Å². The first-order valence-electron chi connectivity index (χ1n) is 7.14. The van der Waals surface area contributed by atoms with Gasteiger partial charge >= 0.3 is 0 Å². The second kappa shape index (κ2) is 6.55. The van der Waals surface area contributed by atoms with Crippen LogP contribution in [0.3, 0.4) is 0 Å². The zero-order valence-corrected chi connectivity index (χ0v) is 12.9. The molecule has 0 bridgehead atoms. The van der Waals surface area contributed by atoms with E-state index in [2.05, 4.69) is 6.92 Å². The Bertz CT molecular complexity index is 558. The van der Waals surface area contributed by atoms with Gasteiger partial charge in [0.05, 0.1) is 17.6 Å². The highest BCUT2D eigenvalue weighted by atomic mass is 32.2.